The number of nitrogens with one attached hydrogen (secondary N) is 1. The lowest BCUT2D eigenvalue weighted by atomic mass is 10.2. The molecule has 0 saturated carbocycles. The highest BCUT2D eigenvalue weighted by atomic mass is 32.1. The second-order valence-corrected chi connectivity index (χ2v) is 6.33. The average molecular weight is 338 g/mol. The van der Waals surface area contributed by atoms with Gasteiger partial charge in [-0.2, -0.15) is 0 Å². The number of thiazole rings is 1. The fourth-order valence-electron chi connectivity index (χ4n) is 2.44. The summed E-state index contributed by atoms with van der Waals surface area (Å²) in [5.41, 5.74) is 4.04. The molecule has 0 atom stereocenters. The summed E-state index contributed by atoms with van der Waals surface area (Å²) in [5.74, 6) is 1.64. The van der Waals surface area contributed by atoms with Crippen LogP contribution in [0.5, 0.6) is 0 Å². The molecular weight excluding hydrogens is 324 g/mol. The molecule has 1 aliphatic rings. The van der Waals surface area contributed by atoms with E-state index in [0.717, 1.165) is 21.5 Å². The van der Waals surface area contributed by atoms with Crippen LogP contribution in [0, 0.1) is 6.92 Å². The first-order chi connectivity index (χ1) is 11.6. The molecule has 6 nitrogen and oxygen atoms in total. The Morgan fingerprint density at radius 1 is 1.29 bits per heavy atom. The second kappa shape index (κ2) is 5.61. The summed E-state index contributed by atoms with van der Waals surface area (Å²) in [7, 11) is 1.80. The van der Waals surface area contributed by atoms with Crippen LogP contribution in [0.4, 0.5) is 5.88 Å². The molecule has 0 radical (unpaired) electrons. The van der Waals surface area contributed by atoms with Gasteiger partial charge in [-0.3, -0.25) is 15.0 Å². The lowest BCUT2D eigenvalue weighted by Crippen LogP contribution is -2.37. The van der Waals surface area contributed by atoms with Crippen LogP contribution in [0.25, 0.3) is 16.3 Å². The molecule has 0 fully saturated rings. The van der Waals surface area contributed by atoms with Gasteiger partial charge in [0.25, 0.3) is 5.91 Å². The number of aryl methyl sites for hydroxylation is 1. The number of anilines is 1. The van der Waals surface area contributed by atoms with Crippen molar-refractivity contribution in [1.29, 1.82) is 0 Å². The number of furan rings is 1. The van der Waals surface area contributed by atoms with Gasteiger partial charge < -0.3 is 4.42 Å². The van der Waals surface area contributed by atoms with Gasteiger partial charge in [0.15, 0.2) is 0 Å². The van der Waals surface area contributed by atoms with Crippen molar-refractivity contribution in [3.63, 3.8) is 0 Å². The van der Waals surface area contributed by atoms with Gasteiger partial charge in [-0.05, 0) is 36.8 Å². The van der Waals surface area contributed by atoms with Crippen molar-refractivity contribution in [2.45, 2.75) is 6.92 Å². The molecule has 1 N–H and O–H groups in total. The molecule has 1 aromatic carbocycles. The Hall–Kier alpha value is -2.93. The van der Waals surface area contributed by atoms with Crippen LogP contribution in [0.2, 0.25) is 0 Å². The van der Waals surface area contributed by atoms with Crippen molar-refractivity contribution < 1.29 is 9.21 Å². The number of amides is 1. The van der Waals surface area contributed by atoms with E-state index in [1.165, 1.54) is 0 Å². The van der Waals surface area contributed by atoms with Crippen LogP contribution in [-0.2, 0) is 4.79 Å². The summed E-state index contributed by atoms with van der Waals surface area (Å²) < 4.78 is 6.63. The lowest BCUT2D eigenvalue weighted by molar-refractivity contribution is -0.115. The third-order valence-corrected chi connectivity index (χ3v) is 4.51. The number of aromatic nitrogens is 1. The van der Waals surface area contributed by atoms with E-state index in [4.69, 9.17) is 4.42 Å². The molecule has 3 heterocycles. The predicted octanol–water partition coefficient (Wildman–Crippen LogP) is 3.16. The predicted molar refractivity (Wildman–Crippen MR) is 95.0 cm³/mol. The van der Waals surface area contributed by atoms with Crippen molar-refractivity contribution in [2.24, 2.45) is 4.99 Å². The highest BCUT2D eigenvalue weighted by molar-refractivity contribution is 7.16. The van der Waals surface area contributed by atoms with Gasteiger partial charge in [-0.1, -0.05) is 6.07 Å². The second-order valence-electron chi connectivity index (χ2n) is 5.44. The Kier molecular flexibility index (Phi) is 3.42. The Bertz CT molecular complexity index is 999. The van der Waals surface area contributed by atoms with Gasteiger partial charge in [-0.15, -0.1) is 11.3 Å². The molecule has 7 heteroatoms. The third-order valence-electron chi connectivity index (χ3n) is 3.72. The lowest BCUT2D eigenvalue weighted by Gasteiger charge is -2.14. The molecular formula is C17H14N4O2S. The van der Waals surface area contributed by atoms with E-state index in [-0.39, 0.29) is 5.91 Å². The standard InChI is InChI=1S/C17H14N4O2S/c1-10-3-6-15(23-10)21(2)17-19-13(16(22)20-17)7-11-4-5-12-14(8-11)24-9-18-12/h3-9H,1-2H3,(H,19,20,22)/b13-7-. The van der Waals surface area contributed by atoms with Crippen LogP contribution in [-0.4, -0.2) is 23.9 Å². The first-order valence-corrected chi connectivity index (χ1v) is 8.23. The SMILES string of the molecule is Cc1ccc(N(C)C2=N/C(=C\c3ccc4ncsc4c3)C(=O)N2)o1. The minimum Gasteiger partial charge on any atom is -0.445 e. The van der Waals surface area contributed by atoms with Crippen molar-refractivity contribution in [2.75, 3.05) is 11.9 Å². The number of aliphatic imine (C=N–C) groups is 1. The molecule has 4 rings (SSSR count). The Morgan fingerprint density at radius 3 is 2.96 bits per heavy atom. The number of fused-ring (bicyclic) bond motifs is 1. The van der Waals surface area contributed by atoms with Gasteiger partial charge in [0.05, 0.1) is 15.7 Å². The van der Waals surface area contributed by atoms with Gasteiger partial charge in [-0.25, -0.2) is 9.98 Å². The Morgan fingerprint density at radius 2 is 2.17 bits per heavy atom. The van der Waals surface area contributed by atoms with E-state index >= 15 is 0 Å². The van der Waals surface area contributed by atoms with Crippen LogP contribution in [0.1, 0.15) is 11.3 Å². The first-order valence-electron chi connectivity index (χ1n) is 7.35. The van der Waals surface area contributed by atoms with Gasteiger partial charge in [0.1, 0.15) is 11.5 Å². The van der Waals surface area contributed by atoms with Crippen molar-refractivity contribution >= 4 is 45.4 Å². The third kappa shape index (κ3) is 2.59. The van der Waals surface area contributed by atoms with Crippen LogP contribution < -0.4 is 10.2 Å². The van der Waals surface area contributed by atoms with Crippen molar-refractivity contribution in [3.8, 4) is 0 Å². The summed E-state index contributed by atoms with van der Waals surface area (Å²) in [6.45, 7) is 1.87. The summed E-state index contributed by atoms with van der Waals surface area (Å²) in [6, 6.07) is 9.57. The quantitative estimate of drug-likeness (QED) is 0.729. The molecule has 0 bridgehead atoms. The summed E-state index contributed by atoms with van der Waals surface area (Å²) >= 11 is 1.57. The van der Waals surface area contributed by atoms with E-state index < -0.39 is 0 Å². The van der Waals surface area contributed by atoms with Crippen LogP contribution in [0.3, 0.4) is 0 Å². The summed E-state index contributed by atoms with van der Waals surface area (Å²) in [4.78, 5) is 22.5. The van der Waals surface area contributed by atoms with Crippen LogP contribution in [0.15, 0.2) is 50.9 Å². The molecule has 0 aliphatic carbocycles. The fraction of sp³-hybridized carbons (Fsp3) is 0.118. The molecule has 1 aliphatic heterocycles. The minimum atomic E-state index is -0.232. The summed E-state index contributed by atoms with van der Waals surface area (Å²) in [5, 5.41) is 2.76. The molecule has 0 spiro atoms. The first kappa shape index (κ1) is 14.6. The maximum Gasteiger partial charge on any atom is 0.276 e. The maximum atomic E-state index is 12.2. The highest BCUT2D eigenvalue weighted by Crippen LogP contribution is 2.23. The Labute approximate surface area is 142 Å². The Balaban J connectivity index is 1.65. The maximum absolute atomic E-state index is 12.2. The average Bonchev–Trinajstić information content (AvgIpc) is 3.27. The molecule has 2 aromatic heterocycles. The molecule has 1 amide bonds. The molecule has 24 heavy (non-hydrogen) atoms. The van der Waals surface area contributed by atoms with Crippen molar-refractivity contribution in [1.82, 2.24) is 10.3 Å². The normalized spacial score (nSPS) is 15.8. The van der Waals surface area contributed by atoms with E-state index in [1.54, 1.807) is 34.9 Å². The van der Waals surface area contributed by atoms with E-state index in [1.807, 2.05) is 37.3 Å². The fourth-order valence-corrected chi connectivity index (χ4v) is 3.17. The number of rotatable bonds is 2. The highest BCUT2D eigenvalue weighted by Gasteiger charge is 2.24. The molecule has 0 unspecified atom stereocenters. The van der Waals surface area contributed by atoms with Crippen molar-refractivity contribution in [3.05, 3.63) is 52.9 Å². The zero-order valence-electron chi connectivity index (χ0n) is 13.1. The van der Waals surface area contributed by atoms with Gasteiger partial charge >= 0.3 is 0 Å². The molecule has 3 aromatic rings. The summed E-state index contributed by atoms with van der Waals surface area (Å²) in [6.07, 6.45) is 1.77. The number of hydrogen-bond donors (Lipinski definition) is 1. The van der Waals surface area contributed by atoms with E-state index in [2.05, 4.69) is 15.3 Å². The monoisotopic (exact) mass is 338 g/mol. The number of carbonyl (C=O) groups is 1. The largest absolute Gasteiger partial charge is 0.445 e. The number of nitrogens with zero attached hydrogens (tertiary/aromatic N) is 3. The minimum absolute atomic E-state index is 0.232. The zero-order valence-corrected chi connectivity index (χ0v) is 13.9. The smallest absolute Gasteiger partial charge is 0.276 e. The molecule has 0 saturated heterocycles. The van der Waals surface area contributed by atoms with E-state index in [9.17, 15) is 4.79 Å². The number of carbonyl (C=O) groups excluding carboxylic acids is 1. The van der Waals surface area contributed by atoms with E-state index in [0.29, 0.717) is 17.5 Å². The topological polar surface area (TPSA) is 70.7 Å². The number of benzene rings is 1. The number of hydrogen-bond acceptors (Lipinski definition) is 6. The zero-order chi connectivity index (χ0) is 16.7. The van der Waals surface area contributed by atoms with Crippen LogP contribution >= 0.6 is 11.3 Å². The van der Waals surface area contributed by atoms with Gasteiger partial charge in [0.2, 0.25) is 11.8 Å². The number of guanidine groups is 1. The van der Waals surface area contributed by atoms with Gasteiger partial charge in [0, 0.05) is 13.1 Å². The molecule has 120 valence electrons.